The second kappa shape index (κ2) is 15.3. The molecule has 244 valence electrons. The van der Waals surface area contributed by atoms with Crippen LogP contribution in [-0.2, 0) is 16.0 Å². The molecule has 7 N–H and O–H groups in total. The number of hydrogen-bond donors (Lipinski definition) is 6. The molecule has 0 saturated carbocycles. The number of ether oxygens (including phenoxy) is 2. The molecule has 4 bridgehead atoms. The molecule has 1 fully saturated rings. The van der Waals surface area contributed by atoms with Gasteiger partial charge in [0.15, 0.2) is 17.5 Å². The lowest BCUT2D eigenvalue weighted by atomic mass is 9.73. The number of phenolic OH excluding ortho intramolecular Hbond substituents is 1. The molecule has 7 atom stereocenters. The number of aliphatic hydroxyl groups is 1. The minimum atomic E-state index is -0.659. The van der Waals surface area contributed by atoms with E-state index in [1.54, 1.807) is 13.1 Å². The van der Waals surface area contributed by atoms with Gasteiger partial charge in [-0.25, -0.2) is 0 Å². The van der Waals surface area contributed by atoms with Gasteiger partial charge in [0.05, 0.1) is 6.10 Å². The van der Waals surface area contributed by atoms with Crippen LogP contribution in [0.3, 0.4) is 0 Å². The Morgan fingerprint density at radius 1 is 1.27 bits per heavy atom. The third-order valence-electron chi connectivity index (χ3n) is 9.88. The van der Waals surface area contributed by atoms with Gasteiger partial charge < -0.3 is 41.4 Å². The van der Waals surface area contributed by atoms with Crippen LogP contribution >= 0.6 is 0 Å². The summed E-state index contributed by atoms with van der Waals surface area (Å²) in [4.78, 5) is 16.5. The molecule has 4 rings (SSSR count). The average Bonchev–Trinajstić information content (AvgIpc) is 2.99. The number of aromatic hydroxyl groups is 1. The number of carbonyl (C=O) groups excluding carboxylic acids is 1. The quantitative estimate of drug-likeness (QED) is 0.124. The fourth-order valence-corrected chi connectivity index (χ4v) is 7.30. The fourth-order valence-electron chi connectivity index (χ4n) is 7.30. The second-order valence-electron chi connectivity index (χ2n) is 13.1. The minimum absolute atomic E-state index is 0.0206. The first-order valence-electron chi connectivity index (χ1n) is 16.3. The maximum absolute atomic E-state index is 12.4. The van der Waals surface area contributed by atoms with E-state index in [1.165, 1.54) is 6.92 Å². The lowest BCUT2D eigenvalue weighted by Gasteiger charge is -2.42. The molecule has 10 nitrogen and oxygen atoms in total. The number of guanidine groups is 1. The Kier molecular flexibility index (Phi) is 11.8. The zero-order chi connectivity index (χ0) is 31.7. The average molecular weight is 612 g/mol. The van der Waals surface area contributed by atoms with Crippen molar-refractivity contribution in [1.82, 2.24) is 16.0 Å². The molecule has 2 aliphatic heterocycles. The molecular weight excluding hydrogens is 558 g/mol. The Bertz CT molecular complexity index is 1210. The van der Waals surface area contributed by atoms with Crippen molar-refractivity contribution in [3.63, 3.8) is 0 Å². The standard InChI is InChI=1S/C34H53N5O5/c1-5-33(21-38-32(35)37-4)14-10-25-7-6-13-34(22-36-3)20-27(12-16-39-34)44-31-18-24(8-9-29(31)42)17-28(25)30(43-23(2)40)19-26(41)11-15-33/h8-9,18,25-28,30,36,39,41-42H,5-7,11-13,15-17,19-22H2,1-4H3,(H3,35,37,38). The van der Waals surface area contributed by atoms with Crippen molar-refractivity contribution in [3.05, 3.63) is 23.8 Å². The zero-order valence-electron chi connectivity index (χ0n) is 27.0. The van der Waals surface area contributed by atoms with Gasteiger partial charge in [-0.2, -0.15) is 0 Å². The number of esters is 1. The van der Waals surface area contributed by atoms with E-state index in [9.17, 15) is 15.0 Å². The summed E-state index contributed by atoms with van der Waals surface area (Å²) in [6, 6.07) is 5.52. The van der Waals surface area contributed by atoms with Crippen molar-refractivity contribution in [1.29, 1.82) is 0 Å². The van der Waals surface area contributed by atoms with Crippen LogP contribution in [-0.4, -0.2) is 79.7 Å². The predicted octanol–water partition coefficient (Wildman–Crippen LogP) is 2.85. The van der Waals surface area contributed by atoms with Crippen molar-refractivity contribution >= 4 is 11.9 Å². The molecule has 1 aromatic rings. The van der Waals surface area contributed by atoms with Gasteiger partial charge in [-0.1, -0.05) is 31.3 Å². The number of nitrogens with zero attached hydrogens (tertiary/aromatic N) is 1. The lowest BCUT2D eigenvalue weighted by molar-refractivity contribution is -0.152. The van der Waals surface area contributed by atoms with E-state index in [2.05, 4.69) is 39.7 Å². The number of nitrogens with one attached hydrogen (secondary N) is 3. The van der Waals surface area contributed by atoms with E-state index >= 15 is 0 Å². The Labute approximate surface area is 262 Å². The topological polar surface area (TPSA) is 150 Å². The normalized spacial score (nSPS) is 33.0. The summed E-state index contributed by atoms with van der Waals surface area (Å²) in [6.07, 6.45) is 6.06. The molecule has 1 aliphatic carbocycles. The third kappa shape index (κ3) is 8.80. The first-order valence-corrected chi connectivity index (χ1v) is 16.3. The second-order valence-corrected chi connectivity index (χ2v) is 13.1. The zero-order valence-corrected chi connectivity index (χ0v) is 27.0. The van der Waals surface area contributed by atoms with E-state index in [1.807, 2.05) is 19.2 Å². The first kappa shape index (κ1) is 33.9. The third-order valence-corrected chi connectivity index (χ3v) is 9.88. The van der Waals surface area contributed by atoms with Crippen LogP contribution in [0.5, 0.6) is 11.5 Å². The maximum Gasteiger partial charge on any atom is 0.302 e. The highest BCUT2D eigenvalue weighted by Crippen LogP contribution is 2.39. The molecule has 0 radical (unpaired) electrons. The van der Waals surface area contributed by atoms with Crippen LogP contribution in [0.1, 0.15) is 77.2 Å². The number of carbonyl (C=O) groups is 1. The van der Waals surface area contributed by atoms with Crippen molar-refractivity contribution in [2.24, 2.45) is 28.0 Å². The van der Waals surface area contributed by atoms with Gasteiger partial charge in [-0.3, -0.25) is 9.79 Å². The molecule has 1 aromatic carbocycles. The molecule has 0 aromatic heterocycles. The van der Waals surface area contributed by atoms with E-state index in [0.717, 1.165) is 57.2 Å². The molecule has 2 heterocycles. The number of nitrogens with two attached hydrogens (primary N) is 1. The van der Waals surface area contributed by atoms with Crippen molar-refractivity contribution < 1.29 is 24.5 Å². The monoisotopic (exact) mass is 611 g/mol. The minimum Gasteiger partial charge on any atom is -0.504 e. The Morgan fingerprint density at radius 3 is 2.82 bits per heavy atom. The van der Waals surface area contributed by atoms with Gasteiger partial charge >= 0.3 is 5.97 Å². The fraction of sp³-hybridized carbons (Fsp3) is 0.706. The summed E-state index contributed by atoms with van der Waals surface area (Å²) in [5, 5.41) is 32.5. The Balaban J connectivity index is 1.81. The van der Waals surface area contributed by atoms with Crippen molar-refractivity contribution in [3.8, 4) is 23.3 Å². The molecule has 10 heteroatoms. The van der Waals surface area contributed by atoms with E-state index in [-0.39, 0.29) is 35.2 Å². The van der Waals surface area contributed by atoms with Crippen LogP contribution < -0.4 is 26.4 Å². The molecule has 0 spiro atoms. The highest BCUT2D eigenvalue weighted by molar-refractivity contribution is 5.77. The lowest BCUT2D eigenvalue weighted by Crippen LogP contribution is -2.58. The summed E-state index contributed by atoms with van der Waals surface area (Å²) in [6.45, 7) is 5.72. The molecule has 0 amide bonds. The first-order chi connectivity index (χ1) is 21.1. The number of piperidine rings is 1. The SMILES string of the molecule is CCC1(CNC(N)=NC)C#CC2CCCC3(CNC)CC(CCN3)Oc3cc(ccc3O)CC2C(OC(C)=O)CC(O)CC1. The summed E-state index contributed by atoms with van der Waals surface area (Å²) < 4.78 is 12.5. The molecule has 1 saturated heterocycles. The van der Waals surface area contributed by atoms with Crippen molar-refractivity contribution in [2.45, 2.75) is 102 Å². The van der Waals surface area contributed by atoms with Gasteiger partial charge in [0, 0.05) is 62.7 Å². The number of fused-ring (bicyclic) bond motifs is 5. The van der Waals surface area contributed by atoms with Crippen LogP contribution in [0.25, 0.3) is 0 Å². The smallest absolute Gasteiger partial charge is 0.302 e. The predicted molar refractivity (Wildman–Crippen MR) is 172 cm³/mol. The molecule has 3 aliphatic rings. The van der Waals surface area contributed by atoms with E-state index in [0.29, 0.717) is 43.9 Å². The highest BCUT2D eigenvalue weighted by atomic mass is 16.5. The van der Waals surface area contributed by atoms with Gasteiger partial charge in [-0.15, -0.1) is 0 Å². The summed E-state index contributed by atoms with van der Waals surface area (Å²) in [7, 11) is 3.63. The van der Waals surface area contributed by atoms with Gasteiger partial charge in [-0.05, 0) is 76.2 Å². The van der Waals surface area contributed by atoms with Crippen LogP contribution in [0.15, 0.2) is 23.2 Å². The largest absolute Gasteiger partial charge is 0.504 e. The Hall–Kier alpha value is -3.00. The van der Waals surface area contributed by atoms with E-state index < -0.39 is 17.6 Å². The maximum atomic E-state index is 12.4. The van der Waals surface area contributed by atoms with Crippen molar-refractivity contribution in [2.75, 3.05) is 33.7 Å². The molecule has 44 heavy (non-hydrogen) atoms. The van der Waals surface area contributed by atoms with E-state index in [4.69, 9.17) is 15.2 Å². The summed E-state index contributed by atoms with van der Waals surface area (Å²) >= 11 is 0. The number of aliphatic imine (C=N–C) groups is 1. The van der Waals surface area contributed by atoms with Crippen LogP contribution in [0, 0.1) is 29.1 Å². The summed E-state index contributed by atoms with van der Waals surface area (Å²) in [5.74, 6) is 7.72. The number of hydrogen-bond acceptors (Lipinski definition) is 8. The van der Waals surface area contributed by atoms with Crippen LogP contribution in [0.2, 0.25) is 0 Å². The van der Waals surface area contributed by atoms with Gasteiger partial charge in [0.25, 0.3) is 0 Å². The molecule has 7 unspecified atom stereocenters. The Morgan fingerprint density at radius 2 is 2.09 bits per heavy atom. The van der Waals surface area contributed by atoms with Gasteiger partial charge in [0.1, 0.15) is 12.2 Å². The number of aliphatic hydroxyl groups excluding tert-OH is 1. The number of benzene rings is 1. The molecular formula is C34H53N5O5. The number of likely N-dealkylation sites (N-methyl/N-ethyl adjacent to an activating group) is 1. The summed E-state index contributed by atoms with van der Waals surface area (Å²) in [5.41, 5.74) is 6.43. The van der Waals surface area contributed by atoms with Crippen LogP contribution in [0.4, 0.5) is 0 Å². The highest BCUT2D eigenvalue weighted by Gasteiger charge is 2.39. The number of phenols is 1. The number of rotatable bonds is 6. The van der Waals surface area contributed by atoms with Gasteiger partial charge in [0.2, 0.25) is 0 Å².